The van der Waals surface area contributed by atoms with Crippen LogP contribution in [0.5, 0.6) is 0 Å². The Balaban J connectivity index is 1.36. The van der Waals surface area contributed by atoms with Gasteiger partial charge in [0.05, 0.1) is 17.6 Å². The first-order chi connectivity index (χ1) is 14.7. The van der Waals surface area contributed by atoms with Gasteiger partial charge in [-0.1, -0.05) is 23.5 Å². The van der Waals surface area contributed by atoms with Crippen molar-refractivity contribution < 1.29 is 14.8 Å². The fourth-order valence-corrected chi connectivity index (χ4v) is 4.65. The van der Waals surface area contributed by atoms with Crippen LogP contribution < -0.4 is 25.8 Å². The van der Waals surface area contributed by atoms with Gasteiger partial charge in [0.15, 0.2) is 11.9 Å². The molecule has 0 saturated carbocycles. The highest BCUT2D eigenvalue weighted by Crippen LogP contribution is 2.30. The maximum absolute atomic E-state index is 12.4. The van der Waals surface area contributed by atoms with E-state index in [1.807, 2.05) is 30.3 Å². The third-order valence-corrected chi connectivity index (χ3v) is 6.11. The largest absolute Gasteiger partial charge is 0.431 e. The molecule has 1 saturated heterocycles. The lowest BCUT2D eigenvalue weighted by molar-refractivity contribution is -0.655. The number of urea groups is 1. The number of thiazole rings is 1. The molecule has 154 valence electrons. The van der Waals surface area contributed by atoms with E-state index in [4.69, 9.17) is 0 Å². The minimum atomic E-state index is -1.01. The van der Waals surface area contributed by atoms with Gasteiger partial charge < -0.3 is 20.6 Å². The summed E-state index contributed by atoms with van der Waals surface area (Å²) in [5, 5.41) is 22.5. The van der Waals surface area contributed by atoms with Crippen LogP contribution in [-0.4, -0.2) is 47.3 Å². The van der Waals surface area contributed by atoms with Gasteiger partial charge in [-0.05, 0) is 12.1 Å². The number of hydrogen-bond donors (Lipinski definition) is 5. The Morgan fingerprint density at radius 1 is 1.23 bits per heavy atom. The summed E-state index contributed by atoms with van der Waals surface area (Å²) in [5.41, 5.74) is 3.83. The van der Waals surface area contributed by atoms with Crippen LogP contribution in [-0.2, 0) is 0 Å². The zero-order valence-corrected chi connectivity index (χ0v) is 16.9. The molecule has 4 heterocycles. The summed E-state index contributed by atoms with van der Waals surface area (Å²) in [6, 6.07) is 9.31. The summed E-state index contributed by atoms with van der Waals surface area (Å²) >= 11 is 1.34. The number of aliphatic hydroxyl groups excluding tert-OH is 1. The van der Waals surface area contributed by atoms with Crippen LogP contribution in [0.2, 0.25) is 0 Å². The lowest BCUT2D eigenvalue weighted by Gasteiger charge is -2.31. The lowest BCUT2D eigenvalue weighted by atomic mass is 10.2. The number of nitrogens with one attached hydrogen (secondary N) is 4. The minimum absolute atomic E-state index is 0.173. The molecule has 2 atom stereocenters. The minimum Gasteiger partial charge on any atom is -0.368 e. The summed E-state index contributed by atoms with van der Waals surface area (Å²) in [5.74, 6) is 0. The number of carbonyl (C=O) groups excluding carboxylic acids is 1. The van der Waals surface area contributed by atoms with E-state index in [0.29, 0.717) is 15.7 Å². The number of carbonyl (C=O) groups is 1. The molecule has 1 fully saturated rings. The molecule has 2 amide bonds. The zero-order chi connectivity index (χ0) is 20.5. The average Bonchev–Trinajstić information content (AvgIpc) is 3.38. The van der Waals surface area contributed by atoms with Crippen LogP contribution in [0.4, 0.5) is 32.7 Å². The molecule has 5 N–H and O–H groups in total. The van der Waals surface area contributed by atoms with Crippen LogP contribution >= 0.6 is 11.3 Å². The van der Waals surface area contributed by atoms with E-state index in [2.05, 4.69) is 30.8 Å². The van der Waals surface area contributed by atoms with Crippen molar-refractivity contribution >= 4 is 45.2 Å². The third-order valence-electron chi connectivity index (χ3n) is 5.24. The van der Waals surface area contributed by atoms with Gasteiger partial charge >= 0.3 is 6.03 Å². The monoisotopic (exact) mass is 424 g/mol. The maximum atomic E-state index is 12.4. The Morgan fingerprint density at radius 2 is 2.07 bits per heavy atom. The van der Waals surface area contributed by atoms with Gasteiger partial charge in [0.2, 0.25) is 0 Å². The highest BCUT2D eigenvalue weighted by Gasteiger charge is 2.37. The third kappa shape index (κ3) is 3.50. The summed E-state index contributed by atoms with van der Waals surface area (Å²) in [7, 11) is 0. The number of amides is 2. The number of benzene rings is 1. The molecule has 2 aliphatic heterocycles. The second-order valence-corrected chi connectivity index (χ2v) is 7.99. The van der Waals surface area contributed by atoms with Crippen LogP contribution in [0.3, 0.4) is 0 Å². The number of aliphatic hydroxyl groups is 1. The molecular formula is C20H22N7O2S+. The lowest BCUT2D eigenvalue weighted by Crippen LogP contribution is -3.04. The van der Waals surface area contributed by atoms with Crippen LogP contribution in [0.25, 0.3) is 0 Å². The fraction of sp³-hybridized carbons (Fsp3) is 0.250. The summed E-state index contributed by atoms with van der Waals surface area (Å²) in [6.45, 7) is 3.62. The molecule has 2 unspecified atom stereocenters. The highest BCUT2D eigenvalue weighted by molar-refractivity contribution is 7.13. The number of hydrogen-bond acceptors (Lipinski definition) is 8. The smallest absolute Gasteiger partial charge is 0.368 e. The number of fused-ring (bicyclic) bond motifs is 1. The number of piperazine rings is 1. The van der Waals surface area contributed by atoms with Crippen LogP contribution in [0, 0.1) is 0 Å². The SMILES string of the molecule is O=C1Nc2ccccc2[NH+]1c1nc(C(O)Nc2cnccc2N2CCNCC2)cs1. The topological polar surface area (TPSA) is 107 Å². The normalized spacial score (nSPS) is 19.3. The summed E-state index contributed by atoms with van der Waals surface area (Å²) in [6.07, 6.45) is 2.45. The maximum Gasteiger partial charge on any atom is 0.431 e. The molecule has 3 aromatic rings. The Kier molecular flexibility index (Phi) is 5.05. The van der Waals surface area contributed by atoms with E-state index in [1.54, 1.807) is 17.8 Å². The van der Waals surface area contributed by atoms with Crippen LogP contribution in [0.1, 0.15) is 11.9 Å². The van der Waals surface area contributed by atoms with Gasteiger partial charge in [-0.2, -0.15) is 9.88 Å². The van der Waals surface area contributed by atoms with Crippen LogP contribution in [0.15, 0.2) is 48.1 Å². The molecular weight excluding hydrogens is 402 g/mol. The molecule has 0 bridgehead atoms. The predicted octanol–water partition coefficient (Wildman–Crippen LogP) is 1.44. The van der Waals surface area contributed by atoms with Gasteiger partial charge in [-0.15, -0.1) is 0 Å². The zero-order valence-electron chi connectivity index (χ0n) is 16.1. The van der Waals surface area contributed by atoms with Gasteiger partial charge in [0.25, 0.3) is 5.13 Å². The summed E-state index contributed by atoms with van der Waals surface area (Å²) < 4.78 is 0. The van der Waals surface area contributed by atoms with E-state index in [1.165, 1.54) is 11.3 Å². The van der Waals surface area contributed by atoms with Crippen molar-refractivity contribution in [1.82, 2.24) is 15.3 Å². The fourth-order valence-electron chi connectivity index (χ4n) is 3.76. The molecule has 2 aromatic heterocycles. The number of quaternary nitrogens is 1. The van der Waals surface area contributed by atoms with E-state index < -0.39 is 6.23 Å². The molecule has 0 spiro atoms. The predicted molar refractivity (Wildman–Crippen MR) is 116 cm³/mol. The number of para-hydroxylation sites is 2. The number of nitrogens with zero attached hydrogens (tertiary/aromatic N) is 3. The summed E-state index contributed by atoms with van der Waals surface area (Å²) in [4.78, 5) is 24.0. The highest BCUT2D eigenvalue weighted by atomic mass is 32.1. The van der Waals surface area contributed by atoms with Gasteiger partial charge in [-0.25, -0.2) is 4.79 Å². The van der Waals surface area contributed by atoms with E-state index in [-0.39, 0.29) is 6.03 Å². The van der Waals surface area contributed by atoms with Crippen molar-refractivity contribution in [3.63, 3.8) is 0 Å². The standard InChI is InChI=1S/C20H21N7O2S/c28-18(23-14-11-22-6-5-16(14)26-9-7-21-8-10-26)15-12-30-20(25-15)27-17-4-2-1-3-13(17)24-19(27)29/h1-6,11-12,18,21,23,28H,7-10H2,(H,24,29)/p+1. The second-order valence-electron chi connectivity index (χ2n) is 7.13. The Bertz CT molecular complexity index is 1070. The molecule has 2 aliphatic rings. The van der Waals surface area contributed by atoms with Crippen molar-refractivity contribution in [2.75, 3.05) is 41.7 Å². The Morgan fingerprint density at radius 3 is 2.93 bits per heavy atom. The number of anilines is 3. The van der Waals surface area contributed by atoms with Crippen molar-refractivity contribution in [1.29, 1.82) is 0 Å². The molecule has 9 nitrogen and oxygen atoms in total. The number of aromatic nitrogens is 2. The first-order valence-electron chi connectivity index (χ1n) is 9.78. The van der Waals surface area contributed by atoms with Gasteiger partial charge in [-0.3, -0.25) is 10.3 Å². The molecule has 30 heavy (non-hydrogen) atoms. The average molecular weight is 425 g/mol. The Hall–Kier alpha value is -3.05. The van der Waals surface area contributed by atoms with E-state index >= 15 is 0 Å². The van der Waals surface area contributed by atoms with Crippen molar-refractivity contribution in [3.8, 4) is 0 Å². The molecule has 0 aliphatic carbocycles. The Labute approximate surface area is 177 Å². The molecule has 0 radical (unpaired) electrons. The number of pyridine rings is 1. The van der Waals surface area contributed by atoms with E-state index in [9.17, 15) is 9.90 Å². The second kappa shape index (κ2) is 8.00. The quantitative estimate of drug-likeness (QED) is 0.395. The van der Waals surface area contributed by atoms with Crippen molar-refractivity contribution in [3.05, 3.63) is 53.8 Å². The molecule has 5 rings (SSSR count). The van der Waals surface area contributed by atoms with Gasteiger partial charge in [0.1, 0.15) is 11.4 Å². The number of rotatable bonds is 5. The van der Waals surface area contributed by atoms with E-state index in [0.717, 1.165) is 48.9 Å². The first-order valence-corrected chi connectivity index (χ1v) is 10.7. The molecule has 1 aromatic carbocycles. The van der Waals surface area contributed by atoms with Crippen molar-refractivity contribution in [2.45, 2.75) is 6.23 Å². The van der Waals surface area contributed by atoms with Crippen molar-refractivity contribution in [2.24, 2.45) is 0 Å². The van der Waals surface area contributed by atoms with Gasteiger partial charge in [0, 0.05) is 43.8 Å². The first kappa shape index (κ1) is 18.9. The molecule has 10 heteroatoms.